The van der Waals surface area contributed by atoms with Gasteiger partial charge in [0.05, 0.1) is 11.6 Å². The Labute approximate surface area is 290 Å². The van der Waals surface area contributed by atoms with Crippen LogP contribution in [0.4, 0.5) is 13.2 Å². The molecule has 1 saturated carbocycles. The zero-order valence-corrected chi connectivity index (χ0v) is 28.4. The molecular weight excluding hydrogens is 645 g/mol. The summed E-state index contributed by atoms with van der Waals surface area (Å²) in [6.45, 7) is 7.20. The largest absolute Gasteiger partial charge is 0.504 e. The average molecular weight is 687 g/mol. The number of halogens is 3. The van der Waals surface area contributed by atoms with E-state index in [4.69, 9.17) is 9.47 Å². The first kappa shape index (κ1) is 34.0. The number of phenols is 1. The van der Waals surface area contributed by atoms with E-state index < -0.39 is 35.3 Å². The minimum absolute atomic E-state index is 0.0914. The molecule has 1 N–H and O–H groups in total. The van der Waals surface area contributed by atoms with Crippen molar-refractivity contribution in [2.45, 2.75) is 82.3 Å². The zero-order chi connectivity index (χ0) is 35.4. The predicted molar refractivity (Wildman–Crippen MR) is 180 cm³/mol. The van der Waals surface area contributed by atoms with Crippen LogP contribution in [0.3, 0.4) is 0 Å². The molecule has 0 radical (unpaired) electrons. The molecule has 2 bridgehead atoms. The van der Waals surface area contributed by atoms with Crippen molar-refractivity contribution in [2.75, 3.05) is 19.6 Å². The molecular formula is C40H41F3N2O5. The van der Waals surface area contributed by atoms with E-state index in [0.717, 1.165) is 54.6 Å². The average Bonchev–Trinajstić information content (AvgIpc) is 3.43. The molecule has 262 valence electrons. The molecule has 2 aliphatic carbocycles. The molecule has 1 unspecified atom stereocenters. The molecule has 1 amide bonds. The van der Waals surface area contributed by atoms with Crippen molar-refractivity contribution >= 4 is 11.9 Å². The van der Waals surface area contributed by atoms with Crippen molar-refractivity contribution in [1.82, 2.24) is 9.80 Å². The maximum absolute atomic E-state index is 14.0. The highest BCUT2D eigenvalue weighted by Crippen LogP contribution is 2.64. The number of rotatable bonds is 7. The van der Waals surface area contributed by atoms with Crippen LogP contribution in [0.25, 0.3) is 0 Å². The Bertz CT molecular complexity index is 1830. The van der Waals surface area contributed by atoms with E-state index in [-0.39, 0.29) is 35.6 Å². The summed E-state index contributed by atoms with van der Waals surface area (Å²) in [5.74, 6) is 5.67. The lowest BCUT2D eigenvalue weighted by Gasteiger charge is -2.60. The van der Waals surface area contributed by atoms with Crippen LogP contribution >= 0.6 is 0 Å². The number of likely N-dealkylation sites (tertiary alicyclic amines) is 1. The van der Waals surface area contributed by atoms with Crippen LogP contribution in [-0.4, -0.2) is 64.6 Å². The van der Waals surface area contributed by atoms with E-state index in [9.17, 15) is 27.9 Å². The van der Waals surface area contributed by atoms with Gasteiger partial charge in [0.2, 0.25) is 0 Å². The molecule has 0 aromatic heterocycles. The van der Waals surface area contributed by atoms with E-state index in [2.05, 4.69) is 16.7 Å². The van der Waals surface area contributed by atoms with Crippen molar-refractivity contribution < 1.29 is 37.3 Å². The molecule has 2 heterocycles. The third-order valence-electron chi connectivity index (χ3n) is 11.0. The molecule has 6 atom stereocenters. The molecule has 7 rings (SSSR count). The number of amides is 1. The highest BCUT2D eigenvalue weighted by atomic mass is 19.4. The summed E-state index contributed by atoms with van der Waals surface area (Å²) in [5.41, 5.74) is 2.23. The second kappa shape index (κ2) is 13.0. The number of carbonyl (C=O) groups excluding carboxylic acids is 2. The zero-order valence-electron chi connectivity index (χ0n) is 28.4. The van der Waals surface area contributed by atoms with Crippen LogP contribution in [-0.2, 0) is 32.3 Å². The van der Waals surface area contributed by atoms with Gasteiger partial charge in [-0.3, -0.25) is 14.5 Å². The SMILES string of the molecule is CC(=O)OC(CN1CC[C@]23c4c5ccc(O)c4O[C@H]2[C@@H](N(CC(C)C)C(=O)C#Cc2ccc(C(F)(F)F)cc2)CC[C@H]3[C@H]1C5)c1ccccc1. The van der Waals surface area contributed by atoms with Crippen LogP contribution in [0.15, 0.2) is 66.7 Å². The molecule has 1 spiro atoms. The Morgan fingerprint density at radius 2 is 1.82 bits per heavy atom. The second-order valence-corrected chi connectivity index (χ2v) is 14.5. The summed E-state index contributed by atoms with van der Waals surface area (Å²) in [6.07, 6.45) is -2.31. The molecule has 7 nitrogen and oxygen atoms in total. The second-order valence-electron chi connectivity index (χ2n) is 14.5. The van der Waals surface area contributed by atoms with Crippen LogP contribution in [0, 0.1) is 23.7 Å². The minimum atomic E-state index is -4.46. The molecule has 2 fully saturated rings. The molecule has 3 aromatic carbocycles. The Morgan fingerprint density at radius 3 is 2.50 bits per heavy atom. The topological polar surface area (TPSA) is 79.3 Å². The fourth-order valence-electron chi connectivity index (χ4n) is 9.14. The first-order chi connectivity index (χ1) is 23.9. The van der Waals surface area contributed by atoms with Gasteiger partial charge in [-0.2, -0.15) is 13.2 Å². The Hall–Kier alpha value is -4.49. The molecule has 2 aliphatic heterocycles. The fourth-order valence-corrected chi connectivity index (χ4v) is 9.14. The standard InChI is InChI=1S/C40H41F3N2O5/c1-24(2)22-45(35(48)18-11-26-9-13-29(14-10-26)40(41,42)43)31-16-15-30-32-21-28-12-17-33(47)37-36(28)39(30,38(31)50-37)19-20-44(32)23-34(49-25(3)46)27-7-5-4-6-8-27/h4-10,12-14,17,24,30-32,34,38,47H,15-16,19-23H2,1-3H3/t30-,31-,32+,34?,38-,39-/m0/s1. The van der Waals surface area contributed by atoms with Crippen molar-refractivity contribution in [3.05, 3.63) is 94.5 Å². The lowest BCUT2D eigenvalue weighted by molar-refractivity contribution is -0.151. The van der Waals surface area contributed by atoms with Gasteiger partial charge in [0, 0.05) is 48.5 Å². The normalized spacial score (nSPS) is 25.5. The van der Waals surface area contributed by atoms with Crippen molar-refractivity contribution in [3.63, 3.8) is 0 Å². The smallest absolute Gasteiger partial charge is 0.416 e. The number of nitrogens with zero attached hydrogens (tertiary/aromatic N) is 2. The van der Waals surface area contributed by atoms with E-state index in [1.165, 1.54) is 19.1 Å². The summed E-state index contributed by atoms with van der Waals surface area (Å²) in [4.78, 5) is 30.4. The maximum atomic E-state index is 14.0. The van der Waals surface area contributed by atoms with Gasteiger partial charge in [-0.15, -0.1) is 0 Å². The number of alkyl halides is 3. The van der Waals surface area contributed by atoms with Crippen LogP contribution in [0.2, 0.25) is 0 Å². The van der Waals surface area contributed by atoms with E-state index in [0.29, 0.717) is 30.8 Å². The van der Waals surface area contributed by atoms with Crippen molar-refractivity contribution in [3.8, 4) is 23.3 Å². The summed E-state index contributed by atoms with van der Waals surface area (Å²) in [5, 5.41) is 11.1. The van der Waals surface area contributed by atoms with Gasteiger partial charge in [-0.05, 0) is 85.5 Å². The van der Waals surface area contributed by atoms with Crippen molar-refractivity contribution in [2.24, 2.45) is 11.8 Å². The van der Waals surface area contributed by atoms with E-state index in [1.807, 2.05) is 50.2 Å². The number of piperidine rings is 1. The number of hydrogen-bond donors (Lipinski definition) is 1. The molecule has 3 aromatic rings. The van der Waals surface area contributed by atoms with Crippen molar-refractivity contribution in [1.29, 1.82) is 0 Å². The lowest BCUT2D eigenvalue weighted by Crippen LogP contribution is -2.69. The fraction of sp³-hybridized carbons (Fsp3) is 0.450. The highest BCUT2D eigenvalue weighted by molar-refractivity contribution is 5.94. The Balaban J connectivity index is 1.21. The highest BCUT2D eigenvalue weighted by Gasteiger charge is 2.66. The molecule has 10 heteroatoms. The molecule has 50 heavy (non-hydrogen) atoms. The van der Waals surface area contributed by atoms with Gasteiger partial charge < -0.3 is 19.5 Å². The quantitative estimate of drug-likeness (QED) is 0.221. The number of ether oxygens (including phenoxy) is 2. The Kier molecular flexibility index (Phi) is 8.83. The third kappa shape index (κ3) is 6.00. The summed E-state index contributed by atoms with van der Waals surface area (Å²) in [7, 11) is 0. The van der Waals surface area contributed by atoms with E-state index in [1.54, 1.807) is 11.0 Å². The number of aromatic hydroxyl groups is 1. The summed E-state index contributed by atoms with van der Waals surface area (Å²) >= 11 is 0. The summed E-state index contributed by atoms with van der Waals surface area (Å²) < 4.78 is 51.9. The monoisotopic (exact) mass is 686 g/mol. The van der Waals surface area contributed by atoms with Gasteiger partial charge >= 0.3 is 12.1 Å². The number of benzene rings is 3. The number of esters is 1. The Morgan fingerprint density at radius 1 is 1.08 bits per heavy atom. The van der Waals surface area contributed by atoms with Crippen LogP contribution < -0.4 is 4.74 Å². The number of carbonyl (C=O) groups is 2. The van der Waals surface area contributed by atoms with Gasteiger partial charge in [-0.1, -0.05) is 56.2 Å². The van der Waals surface area contributed by atoms with E-state index >= 15 is 0 Å². The first-order valence-electron chi connectivity index (χ1n) is 17.3. The van der Waals surface area contributed by atoms with Gasteiger partial charge in [-0.25, -0.2) is 0 Å². The lowest BCUT2D eigenvalue weighted by atomic mass is 9.51. The molecule has 1 saturated heterocycles. The molecule has 4 aliphatic rings. The summed E-state index contributed by atoms with van der Waals surface area (Å²) in [6, 6.07) is 17.8. The minimum Gasteiger partial charge on any atom is -0.504 e. The van der Waals surface area contributed by atoms with Gasteiger partial charge in [0.15, 0.2) is 11.5 Å². The van der Waals surface area contributed by atoms with Gasteiger partial charge in [0.25, 0.3) is 5.91 Å². The maximum Gasteiger partial charge on any atom is 0.416 e. The third-order valence-corrected chi connectivity index (χ3v) is 11.0. The number of phenolic OH excluding ortho intramolecular Hbond substituents is 1. The van der Waals surface area contributed by atoms with Gasteiger partial charge in [0.1, 0.15) is 12.2 Å². The van der Waals surface area contributed by atoms with Crippen LogP contribution in [0.1, 0.15) is 74.0 Å². The first-order valence-corrected chi connectivity index (χ1v) is 17.3. The predicted octanol–water partition coefficient (Wildman–Crippen LogP) is 6.66. The van der Waals surface area contributed by atoms with Crippen LogP contribution in [0.5, 0.6) is 11.5 Å². The number of hydrogen-bond acceptors (Lipinski definition) is 6.